The first kappa shape index (κ1) is 28.3. The maximum absolute atomic E-state index is 11.2. The Balaban J connectivity index is 1.52. The zero-order chi connectivity index (χ0) is 27.6. The number of aliphatic hydroxyl groups is 6. The van der Waals surface area contributed by atoms with E-state index in [1.165, 1.54) is 32.4 Å². The first-order chi connectivity index (χ1) is 18.2. The van der Waals surface area contributed by atoms with Gasteiger partial charge in [0.25, 0.3) is 0 Å². The molecule has 12 nitrogen and oxygen atoms in total. The third kappa shape index (κ3) is 5.40. The highest BCUT2D eigenvalue weighted by Gasteiger charge is 2.45. The molecule has 0 bridgehead atoms. The van der Waals surface area contributed by atoms with E-state index >= 15 is 0 Å². The molecule has 0 radical (unpaired) electrons. The van der Waals surface area contributed by atoms with Crippen LogP contribution in [0.5, 0.6) is 23.0 Å². The molecule has 2 aromatic rings. The highest BCUT2D eigenvalue weighted by molar-refractivity contribution is 5.45. The fraction of sp³-hybridized carbons (Fsp3) is 0.538. The highest BCUT2D eigenvalue weighted by atomic mass is 16.7. The van der Waals surface area contributed by atoms with Gasteiger partial charge in [-0.1, -0.05) is 12.1 Å². The summed E-state index contributed by atoms with van der Waals surface area (Å²) in [6.45, 7) is -0.697. The Morgan fingerprint density at radius 3 is 2.29 bits per heavy atom. The molecule has 9 atom stereocenters. The van der Waals surface area contributed by atoms with Crippen LogP contribution in [-0.4, -0.2) is 100 Å². The molecule has 0 aliphatic carbocycles. The molecule has 2 aromatic carbocycles. The van der Waals surface area contributed by atoms with E-state index in [0.29, 0.717) is 11.1 Å². The smallest absolute Gasteiger partial charge is 0.229 e. The largest absolute Gasteiger partial charge is 0.504 e. The average Bonchev–Trinajstić information content (AvgIpc) is 3.37. The number of benzene rings is 2. The van der Waals surface area contributed by atoms with Crippen molar-refractivity contribution >= 4 is 0 Å². The number of phenolic OH excluding ortho intramolecular Hbond substituents is 1. The molecular formula is C26H34O12. The standard InChI is InChI=1S/C26H34O12/c1-34-18-8-13(3-5-16(18)29)25-14(9-27)15(11-36-25)21(30)12-4-6-17(19(7-12)35-2)37-26-24(33)23(32)22(31)20(10-28)38-26/h3-8,14-15,20-33H,9-11H2,1-2H3/t14-,15+,20-,21-,22-,23+,24-,25+,26-/m0/s1. The summed E-state index contributed by atoms with van der Waals surface area (Å²) < 4.78 is 27.6. The minimum Gasteiger partial charge on any atom is -0.504 e. The first-order valence-electron chi connectivity index (χ1n) is 12.2. The van der Waals surface area contributed by atoms with Crippen LogP contribution in [0, 0.1) is 11.8 Å². The number of hydrogen-bond donors (Lipinski definition) is 7. The molecule has 0 aromatic heterocycles. The monoisotopic (exact) mass is 538 g/mol. The Hall–Kier alpha value is -2.68. The summed E-state index contributed by atoms with van der Waals surface area (Å²) >= 11 is 0. The zero-order valence-corrected chi connectivity index (χ0v) is 21.0. The Kier molecular flexibility index (Phi) is 8.96. The SMILES string of the molecule is COc1cc([C@H]2OC[C@@H]([C@@H](O)c3ccc(O[C@H]4O[C@@H](CO)[C@H](O)[C@@H](O)[C@@H]4O)c(OC)c3)[C@@H]2CO)ccc1O. The molecule has 2 aliphatic rings. The van der Waals surface area contributed by atoms with Gasteiger partial charge in [-0.25, -0.2) is 0 Å². The molecule has 2 fully saturated rings. The molecule has 7 N–H and O–H groups in total. The van der Waals surface area contributed by atoms with Gasteiger partial charge in [0.2, 0.25) is 6.29 Å². The van der Waals surface area contributed by atoms with E-state index in [9.17, 15) is 35.7 Å². The lowest BCUT2D eigenvalue weighted by atomic mass is 9.82. The number of aromatic hydroxyl groups is 1. The molecule has 0 amide bonds. The molecule has 12 heteroatoms. The van der Waals surface area contributed by atoms with Crippen molar-refractivity contribution in [2.24, 2.45) is 11.8 Å². The molecule has 4 rings (SSSR count). The van der Waals surface area contributed by atoms with Crippen molar-refractivity contribution in [1.82, 2.24) is 0 Å². The molecule has 210 valence electrons. The van der Waals surface area contributed by atoms with Crippen molar-refractivity contribution in [2.75, 3.05) is 34.0 Å². The zero-order valence-electron chi connectivity index (χ0n) is 21.0. The van der Waals surface area contributed by atoms with Crippen molar-refractivity contribution in [3.05, 3.63) is 47.5 Å². The van der Waals surface area contributed by atoms with E-state index in [4.69, 9.17) is 23.7 Å². The third-order valence-corrected chi connectivity index (χ3v) is 7.18. The Morgan fingerprint density at radius 1 is 0.895 bits per heavy atom. The fourth-order valence-corrected chi connectivity index (χ4v) is 4.96. The lowest BCUT2D eigenvalue weighted by Gasteiger charge is -2.39. The van der Waals surface area contributed by atoms with Gasteiger partial charge in [0.1, 0.15) is 24.4 Å². The summed E-state index contributed by atoms with van der Waals surface area (Å²) in [4.78, 5) is 0. The van der Waals surface area contributed by atoms with Crippen LogP contribution in [-0.2, 0) is 9.47 Å². The van der Waals surface area contributed by atoms with Gasteiger partial charge in [-0.2, -0.15) is 0 Å². The predicted molar refractivity (Wildman–Crippen MR) is 130 cm³/mol. The highest BCUT2D eigenvalue weighted by Crippen LogP contribution is 2.46. The fourth-order valence-electron chi connectivity index (χ4n) is 4.96. The molecule has 0 saturated carbocycles. The summed E-state index contributed by atoms with van der Waals surface area (Å²) in [5.41, 5.74) is 1.15. The van der Waals surface area contributed by atoms with E-state index in [1.54, 1.807) is 18.2 Å². The normalized spacial score (nSPS) is 32.1. The summed E-state index contributed by atoms with van der Waals surface area (Å²) in [5.74, 6) is -0.376. The molecule has 38 heavy (non-hydrogen) atoms. The Morgan fingerprint density at radius 2 is 1.63 bits per heavy atom. The second-order valence-electron chi connectivity index (χ2n) is 9.37. The lowest BCUT2D eigenvalue weighted by Crippen LogP contribution is -2.60. The van der Waals surface area contributed by atoms with E-state index < -0.39 is 61.4 Å². The number of ether oxygens (including phenoxy) is 5. The van der Waals surface area contributed by atoms with Crippen molar-refractivity contribution in [2.45, 2.75) is 42.9 Å². The van der Waals surface area contributed by atoms with Gasteiger partial charge in [0.05, 0.1) is 39.6 Å². The predicted octanol–water partition coefficient (Wildman–Crippen LogP) is -0.382. The Bertz CT molecular complexity index is 1080. The van der Waals surface area contributed by atoms with E-state index in [0.717, 1.165) is 0 Å². The van der Waals surface area contributed by atoms with Crippen molar-refractivity contribution in [3.63, 3.8) is 0 Å². The Labute approximate surface area is 219 Å². The summed E-state index contributed by atoms with van der Waals surface area (Å²) in [5, 5.41) is 70.9. The van der Waals surface area contributed by atoms with Gasteiger partial charge >= 0.3 is 0 Å². The maximum atomic E-state index is 11.2. The van der Waals surface area contributed by atoms with E-state index in [-0.39, 0.29) is 36.2 Å². The van der Waals surface area contributed by atoms with Crippen LogP contribution in [0.4, 0.5) is 0 Å². The van der Waals surface area contributed by atoms with Gasteiger partial charge in [-0.3, -0.25) is 0 Å². The molecule has 2 aliphatic heterocycles. The summed E-state index contributed by atoms with van der Waals surface area (Å²) in [7, 11) is 2.82. The van der Waals surface area contributed by atoms with Crippen LogP contribution in [0.2, 0.25) is 0 Å². The summed E-state index contributed by atoms with van der Waals surface area (Å²) in [6, 6.07) is 9.40. The molecule has 0 unspecified atom stereocenters. The van der Waals surface area contributed by atoms with Crippen molar-refractivity contribution in [3.8, 4) is 23.0 Å². The second kappa shape index (κ2) is 12.0. The molecule has 2 heterocycles. The number of hydrogen-bond acceptors (Lipinski definition) is 12. The number of phenols is 1. The average molecular weight is 539 g/mol. The summed E-state index contributed by atoms with van der Waals surface area (Å²) in [6.07, 6.45) is -8.84. The molecule has 0 spiro atoms. The molecular weight excluding hydrogens is 504 g/mol. The van der Waals surface area contributed by atoms with Crippen molar-refractivity contribution in [1.29, 1.82) is 0 Å². The van der Waals surface area contributed by atoms with Crippen LogP contribution in [0.1, 0.15) is 23.3 Å². The van der Waals surface area contributed by atoms with Crippen molar-refractivity contribution < 1.29 is 59.4 Å². The van der Waals surface area contributed by atoms with Gasteiger partial charge in [0, 0.05) is 18.4 Å². The van der Waals surface area contributed by atoms with E-state index in [1.807, 2.05) is 0 Å². The first-order valence-corrected chi connectivity index (χ1v) is 12.2. The third-order valence-electron chi connectivity index (χ3n) is 7.18. The van der Waals surface area contributed by atoms with Gasteiger partial charge in [-0.15, -0.1) is 0 Å². The molecule has 2 saturated heterocycles. The maximum Gasteiger partial charge on any atom is 0.229 e. The number of aliphatic hydroxyl groups excluding tert-OH is 6. The van der Waals surface area contributed by atoms with Crippen LogP contribution in [0.3, 0.4) is 0 Å². The lowest BCUT2D eigenvalue weighted by molar-refractivity contribution is -0.277. The second-order valence-corrected chi connectivity index (χ2v) is 9.37. The van der Waals surface area contributed by atoms with Crippen LogP contribution in [0.15, 0.2) is 36.4 Å². The minimum atomic E-state index is -1.60. The van der Waals surface area contributed by atoms with Crippen LogP contribution < -0.4 is 14.2 Å². The van der Waals surface area contributed by atoms with Crippen LogP contribution in [0.25, 0.3) is 0 Å². The number of rotatable bonds is 9. The quantitative estimate of drug-likeness (QED) is 0.220. The van der Waals surface area contributed by atoms with E-state index in [2.05, 4.69) is 0 Å². The van der Waals surface area contributed by atoms with Crippen LogP contribution >= 0.6 is 0 Å². The van der Waals surface area contributed by atoms with Gasteiger partial charge in [-0.05, 0) is 35.4 Å². The minimum absolute atomic E-state index is 0.0236. The van der Waals surface area contributed by atoms with Gasteiger partial charge < -0.3 is 59.4 Å². The van der Waals surface area contributed by atoms with Gasteiger partial charge in [0.15, 0.2) is 23.0 Å². The topological polar surface area (TPSA) is 188 Å². The number of methoxy groups -OCH3 is 2.